The van der Waals surface area contributed by atoms with Gasteiger partial charge in [0, 0.05) is 68.8 Å². The quantitative estimate of drug-likeness (QED) is 0.606. The highest BCUT2D eigenvalue weighted by Gasteiger charge is 2.24. The second-order valence-corrected chi connectivity index (χ2v) is 10.8. The Kier molecular flexibility index (Phi) is 7.31. The second kappa shape index (κ2) is 9.55. The molecule has 1 aromatic carbocycles. The van der Waals surface area contributed by atoms with Crippen molar-refractivity contribution in [3.8, 4) is 0 Å². The summed E-state index contributed by atoms with van der Waals surface area (Å²) in [7, 11) is 0.346. The average molecular weight is 501 g/mol. The van der Waals surface area contributed by atoms with E-state index in [0.717, 1.165) is 28.9 Å². The Hall–Kier alpha value is -1.49. The van der Waals surface area contributed by atoms with E-state index in [0.29, 0.717) is 13.1 Å². The van der Waals surface area contributed by atoms with Crippen LogP contribution in [-0.4, -0.2) is 67.7 Å². The smallest absolute Gasteiger partial charge is 0.223 e. The molecule has 1 aliphatic rings. The van der Waals surface area contributed by atoms with E-state index in [2.05, 4.69) is 35.8 Å². The van der Waals surface area contributed by atoms with Crippen LogP contribution in [0.2, 0.25) is 0 Å². The van der Waals surface area contributed by atoms with E-state index in [-0.39, 0.29) is 23.0 Å². The summed E-state index contributed by atoms with van der Waals surface area (Å²) < 4.78 is 27.8. The minimum absolute atomic E-state index is 0.0131. The third kappa shape index (κ3) is 5.56. The van der Waals surface area contributed by atoms with E-state index in [9.17, 15) is 13.2 Å². The van der Waals surface area contributed by atoms with Crippen molar-refractivity contribution in [2.24, 2.45) is 12.0 Å². The van der Waals surface area contributed by atoms with E-state index in [1.54, 1.807) is 47.5 Å². The van der Waals surface area contributed by atoms with Gasteiger partial charge in [-0.05, 0) is 24.3 Å². The number of sulfone groups is 1. The number of piperazine rings is 1. The first-order valence-electron chi connectivity index (χ1n) is 9.35. The maximum atomic E-state index is 12.5. The lowest BCUT2D eigenvalue weighted by Crippen LogP contribution is -2.48. The van der Waals surface area contributed by atoms with Crippen LogP contribution in [0.25, 0.3) is 0 Å². The van der Waals surface area contributed by atoms with E-state index < -0.39 is 9.84 Å². The Bertz CT molecular complexity index is 1020. The molecule has 2 heterocycles. The monoisotopic (exact) mass is 500 g/mol. The Balaban J connectivity index is 1.49. The molecule has 0 saturated carbocycles. The summed E-state index contributed by atoms with van der Waals surface area (Å²) in [6.07, 6.45) is 0.0131. The molecule has 0 spiro atoms. The zero-order chi connectivity index (χ0) is 21.0. The number of aromatic nitrogens is 1. The molecular weight excluding hydrogens is 476 g/mol. The second-order valence-electron chi connectivity index (χ2n) is 6.97. The fraction of sp³-hybridized carbons (Fsp3) is 0.474. The normalized spacial score (nSPS) is 16.4. The van der Waals surface area contributed by atoms with Gasteiger partial charge in [-0.1, -0.05) is 15.9 Å². The molecule has 29 heavy (non-hydrogen) atoms. The number of carbonyl (C=O) groups is 1. The van der Waals surface area contributed by atoms with E-state index in [4.69, 9.17) is 0 Å². The molecule has 0 N–H and O–H groups in total. The molecule has 158 valence electrons. The van der Waals surface area contributed by atoms with E-state index in [1.165, 1.54) is 5.69 Å². The van der Waals surface area contributed by atoms with E-state index in [1.807, 2.05) is 7.05 Å². The summed E-state index contributed by atoms with van der Waals surface area (Å²) in [5.41, 5.74) is 1.20. The van der Waals surface area contributed by atoms with Gasteiger partial charge in [-0.25, -0.2) is 8.42 Å². The first-order valence-corrected chi connectivity index (χ1v) is 12.7. The molecule has 3 rings (SSSR count). The topological polar surface area (TPSA) is 75.0 Å². The summed E-state index contributed by atoms with van der Waals surface area (Å²) in [6, 6.07) is 6.51. The number of nitrogens with zero attached hydrogens (tertiary/aromatic N) is 4. The third-order valence-corrected chi connectivity index (χ3v) is 8.40. The Morgan fingerprint density at radius 1 is 1.17 bits per heavy atom. The molecule has 2 aromatic rings. The fourth-order valence-electron chi connectivity index (χ4n) is 3.27. The molecule has 0 aliphatic carbocycles. The Labute approximate surface area is 183 Å². The van der Waals surface area contributed by atoms with Gasteiger partial charge in [0.2, 0.25) is 5.91 Å². The van der Waals surface area contributed by atoms with Crippen LogP contribution in [0.1, 0.15) is 12.1 Å². The van der Waals surface area contributed by atoms with E-state index >= 15 is 0 Å². The number of amides is 1. The minimum Gasteiger partial charge on any atom is -0.340 e. The van der Waals surface area contributed by atoms with Crippen LogP contribution in [0.15, 0.2) is 44.0 Å². The van der Waals surface area contributed by atoms with Crippen molar-refractivity contribution in [1.82, 2.24) is 14.4 Å². The zero-order valence-electron chi connectivity index (χ0n) is 16.5. The van der Waals surface area contributed by atoms with Gasteiger partial charge in [-0.3, -0.25) is 14.7 Å². The molecule has 7 nitrogen and oxygen atoms in total. The predicted molar refractivity (Wildman–Crippen MR) is 117 cm³/mol. The number of hydrogen-bond donors (Lipinski definition) is 0. The lowest BCUT2D eigenvalue weighted by atomic mass is 10.2. The maximum Gasteiger partial charge on any atom is 0.223 e. The van der Waals surface area contributed by atoms with Crippen molar-refractivity contribution in [3.63, 3.8) is 0 Å². The molecule has 1 amide bonds. The summed E-state index contributed by atoms with van der Waals surface area (Å²) in [4.78, 5) is 22.1. The SMILES string of the molecule is CN=c1scc(CN2CCN(C(=O)CCS(=O)(=O)c3ccc(Br)cc3)CC2)n1C. The van der Waals surface area contributed by atoms with Crippen LogP contribution >= 0.6 is 27.3 Å². The van der Waals surface area contributed by atoms with Crippen molar-refractivity contribution in [2.45, 2.75) is 17.9 Å². The van der Waals surface area contributed by atoms with Gasteiger partial charge in [-0.2, -0.15) is 0 Å². The van der Waals surface area contributed by atoms with Crippen LogP contribution in [0.3, 0.4) is 0 Å². The Morgan fingerprint density at radius 2 is 1.83 bits per heavy atom. The maximum absolute atomic E-state index is 12.5. The molecule has 1 aromatic heterocycles. The molecule has 1 aliphatic heterocycles. The van der Waals surface area contributed by atoms with Gasteiger partial charge in [0.05, 0.1) is 10.6 Å². The fourth-order valence-corrected chi connectivity index (χ4v) is 5.62. The number of rotatable bonds is 6. The molecule has 1 fully saturated rings. The van der Waals surface area contributed by atoms with Crippen LogP contribution in [-0.2, 0) is 28.2 Å². The molecular formula is C19H25BrN4O3S2. The number of thiazole rings is 1. The van der Waals surface area contributed by atoms with Crippen LogP contribution in [0, 0.1) is 0 Å². The summed E-state index contributed by atoms with van der Waals surface area (Å²) >= 11 is 4.92. The van der Waals surface area contributed by atoms with Crippen molar-refractivity contribution in [3.05, 3.63) is 44.6 Å². The number of carbonyl (C=O) groups excluding carboxylic acids is 1. The van der Waals surface area contributed by atoms with Gasteiger partial charge in [0.15, 0.2) is 14.6 Å². The molecule has 10 heteroatoms. The first-order chi connectivity index (χ1) is 13.8. The van der Waals surface area contributed by atoms with Crippen molar-refractivity contribution >= 4 is 43.0 Å². The van der Waals surface area contributed by atoms with Gasteiger partial charge < -0.3 is 9.47 Å². The predicted octanol–water partition coefficient (Wildman–Crippen LogP) is 1.89. The molecule has 1 saturated heterocycles. The van der Waals surface area contributed by atoms with Gasteiger partial charge in [0.1, 0.15) is 0 Å². The van der Waals surface area contributed by atoms with Gasteiger partial charge >= 0.3 is 0 Å². The highest BCUT2D eigenvalue weighted by molar-refractivity contribution is 9.10. The third-order valence-electron chi connectivity index (χ3n) is 5.08. The summed E-state index contributed by atoms with van der Waals surface area (Å²) in [5, 5.41) is 2.12. The van der Waals surface area contributed by atoms with Crippen molar-refractivity contribution < 1.29 is 13.2 Å². The number of halogens is 1. The summed E-state index contributed by atoms with van der Waals surface area (Å²) in [5.74, 6) is -0.264. The number of hydrogen-bond acceptors (Lipinski definition) is 6. The van der Waals surface area contributed by atoms with Crippen molar-refractivity contribution in [2.75, 3.05) is 39.0 Å². The highest BCUT2D eigenvalue weighted by atomic mass is 79.9. The van der Waals surface area contributed by atoms with Crippen LogP contribution in [0.5, 0.6) is 0 Å². The van der Waals surface area contributed by atoms with Crippen molar-refractivity contribution in [1.29, 1.82) is 0 Å². The largest absolute Gasteiger partial charge is 0.340 e. The molecule has 0 atom stereocenters. The highest BCUT2D eigenvalue weighted by Crippen LogP contribution is 2.17. The summed E-state index contributed by atoms with van der Waals surface area (Å²) in [6.45, 7) is 3.62. The standard InChI is InChI=1S/C19H25BrN4O3S2/c1-21-19-22(2)16(14-28-19)13-23-8-10-24(11-9-23)18(25)7-12-29(26,27)17-5-3-15(20)4-6-17/h3-6,14H,7-13H2,1-2H3. The first kappa shape index (κ1) is 22.2. The zero-order valence-corrected chi connectivity index (χ0v) is 19.8. The van der Waals surface area contributed by atoms with Crippen LogP contribution < -0.4 is 4.80 Å². The molecule has 0 bridgehead atoms. The molecule has 0 unspecified atom stereocenters. The average Bonchev–Trinajstić information content (AvgIpc) is 3.06. The van der Waals surface area contributed by atoms with Crippen LogP contribution in [0.4, 0.5) is 0 Å². The van der Waals surface area contributed by atoms with Gasteiger partial charge in [-0.15, -0.1) is 11.3 Å². The van der Waals surface area contributed by atoms with Gasteiger partial charge in [0.25, 0.3) is 0 Å². The number of benzene rings is 1. The molecule has 0 radical (unpaired) electrons. The lowest BCUT2D eigenvalue weighted by molar-refractivity contribution is -0.132. The Morgan fingerprint density at radius 3 is 2.41 bits per heavy atom. The lowest BCUT2D eigenvalue weighted by Gasteiger charge is -2.34. The minimum atomic E-state index is -3.46.